The molecule has 26 heavy (non-hydrogen) atoms. The molecule has 0 aliphatic rings. The highest BCUT2D eigenvalue weighted by atomic mass is 35.5. The van der Waals surface area contributed by atoms with Gasteiger partial charge in [-0.15, -0.1) is 0 Å². The van der Waals surface area contributed by atoms with Crippen molar-refractivity contribution in [3.63, 3.8) is 0 Å². The van der Waals surface area contributed by atoms with E-state index >= 15 is 0 Å². The topological polar surface area (TPSA) is 111 Å². The lowest BCUT2D eigenvalue weighted by Gasteiger charge is -2.17. The Bertz CT molecular complexity index is 1090. The minimum atomic E-state index is -0.783. The molecule has 1 amide bonds. The number of nitrogens with zero attached hydrogens (tertiary/aromatic N) is 2. The third-order valence-electron chi connectivity index (χ3n) is 3.74. The van der Waals surface area contributed by atoms with Gasteiger partial charge in [-0.25, -0.2) is 4.79 Å². The Hall–Kier alpha value is -2.90. The van der Waals surface area contributed by atoms with Gasteiger partial charge in [0.05, 0.1) is 11.6 Å². The summed E-state index contributed by atoms with van der Waals surface area (Å²) in [6.45, 7) is 0. The van der Waals surface area contributed by atoms with E-state index < -0.39 is 23.1 Å². The first kappa shape index (κ1) is 17.9. The van der Waals surface area contributed by atoms with Crippen molar-refractivity contribution in [2.75, 3.05) is 0 Å². The number of carbonyl (C=O) groups is 1. The Balaban J connectivity index is 2.07. The SMILES string of the molecule is NC(=O)C(c1ccc(Cl)cc1)c1ccc(-n2ncc(=O)[nH]c2=O)cc1Cl. The van der Waals surface area contributed by atoms with Crippen molar-refractivity contribution in [1.82, 2.24) is 14.8 Å². The highest BCUT2D eigenvalue weighted by molar-refractivity contribution is 6.32. The normalized spacial score (nSPS) is 11.9. The van der Waals surface area contributed by atoms with Gasteiger partial charge in [-0.2, -0.15) is 9.78 Å². The Labute approximate surface area is 157 Å². The van der Waals surface area contributed by atoms with Crippen LogP contribution in [0.4, 0.5) is 0 Å². The van der Waals surface area contributed by atoms with E-state index in [1.54, 1.807) is 36.4 Å². The molecule has 1 aromatic heterocycles. The summed E-state index contributed by atoms with van der Waals surface area (Å²) in [6, 6.07) is 11.3. The van der Waals surface area contributed by atoms with Crippen LogP contribution in [0.25, 0.3) is 5.69 Å². The van der Waals surface area contributed by atoms with Crippen LogP contribution in [-0.4, -0.2) is 20.7 Å². The van der Waals surface area contributed by atoms with Gasteiger partial charge in [-0.05, 0) is 35.4 Å². The quantitative estimate of drug-likeness (QED) is 0.707. The first-order chi connectivity index (χ1) is 12.4. The van der Waals surface area contributed by atoms with Gasteiger partial charge in [0.2, 0.25) is 5.91 Å². The fourth-order valence-electron chi connectivity index (χ4n) is 2.57. The van der Waals surface area contributed by atoms with Crippen LogP contribution in [0, 0.1) is 0 Å². The predicted molar refractivity (Wildman–Crippen MR) is 98.0 cm³/mol. The number of carbonyl (C=O) groups excluding carboxylic acids is 1. The van der Waals surface area contributed by atoms with Crippen LogP contribution in [-0.2, 0) is 4.79 Å². The van der Waals surface area contributed by atoms with Crippen LogP contribution in [0.2, 0.25) is 10.0 Å². The molecule has 7 nitrogen and oxygen atoms in total. The van der Waals surface area contributed by atoms with Crippen molar-refractivity contribution in [1.29, 1.82) is 0 Å². The number of nitrogens with two attached hydrogens (primary N) is 1. The van der Waals surface area contributed by atoms with Crippen LogP contribution in [0.15, 0.2) is 58.3 Å². The zero-order valence-corrected chi connectivity index (χ0v) is 14.7. The Morgan fingerprint density at radius 2 is 1.81 bits per heavy atom. The molecule has 0 fully saturated rings. The molecule has 0 spiro atoms. The van der Waals surface area contributed by atoms with Gasteiger partial charge in [0.1, 0.15) is 6.20 Å². The second-order valence-corrected chi connectivity index (χ2v) is 6.29. The van der Waals surface area contributed by atoms with Gasteiger partial charge in [-0.1, -0.05) is 41.4 Å². The van der Waals surface area contributed by atoms with Crippen LogP contribution in [0.3, 0.4) is 0 Å². The molecule has 2 aromatic carbocycles. The molecule has 0 saturated heterocycles. The summed E-state index contributed by atoms with van der Waals surface area (Å²) in [4.78, 5) is 37.1. The second kappa shape index (κ2) is 7.15. The first-order valence-electron chi connectivity index (χ1n) is 7.40. The van der Waals surface area contributed by atoms with Gasteiger partial charge in [-0.3, -0.25) is 14.6 Å². The van der Waals surface area contributed by atoms with E-state index in [2.05, 4.69) is 10.1 Å². The molecular formula is C17H12Cl2N4O3. The standard InChI is InChI=1S/C17H12Cl2N4O3/c18-10-3-1-9(2-4-10)15(16(20)25)12-6-5-11(7-13(12)19)23-17(26)22-14(24)8-21-23/h1-8,15H,(H2,20,25)(H,22,24,26). The van der Waals surface area contributed by atoms with E-state index in [4.69, 9.17) is 28.9 Å². The molecule has 1 heterocycles. The van der Waals surface area contributed by atoms with E-state index in [1.165, 1.54) is 6.07 Å². The van der Waals surface area contributed by atoms with Crippen LogP contribution in [0.5, 0.6) is 0 Å². The number of hydrogen-bond donors (Lipinski definition) is 2. The Kier molecular flexibility index (Phi) is 4.92. The summed E-state index contributed by atoms with van der Waals surface area (Å²) in [5.41, 5.74) is 5.69. The van der Waals surface area contributed by atoms with Gasteiger partial charge in [0.25, 0.3) is 5.56 Å². The third-order valence-corrected chi connectivity index (χ3v) is 4.32. The molecule has 132 valence electrons. The fraction of sp³-hybridized carbons (Fsp3) is 0.0588. The largest absolute Gasteiger partial charge is 0.369 e. The molecule has 3 N–H and O–H groups in total. The lowest BCUT2D eigenvalue weighted by molar-refractivity contribution is -0.118. The fourth-order valence-corrected chi connectivity index (χ4v) is 2.98. The summed E-state index contributed by atoms with van der Waals surface area (Å²) < 4.78 is 0.985. The molecule has 0 saturated carbocycles. The summed E-state index contributed by atoms with van der Waals surface area (Å²) in [6.07, 6.45) is 0.975. The number of hydrogen-bond acceptors (Lipinski definition) is 4. The highest BCUT2D eigenvalue weighted by Gasteiger charge is 2.23. The average molecular weight is 391 g/mol. The Morgan fingerprint density at radius 3 is 2.38 bits per heavy atom. The molecule has 0 aliphatic carbocycles. The number of H-pyrrole nitrogens is 1. The number of aromatic amines is 1. The summed E-state index contributed by atoms with van der Waals surface area (Å²) in [5.74, 6) is -1.37. The monoisotopic (exact) mass is 390 g/mol. The minimum Gasteiger partial charge on any atom is -0.369 e. The maximum absolute atomic E-state index is 12.0. The summed E-state index contributed by atoms with van der Waals surface area (Å²) in [7, 11) is 0. The van der Waals surface area contributed by atoms with Crippen molar-refractivity contribution >= 4 is 29.1 Å². The molecule has 9 heteroatoms. The molecule has 3 aromatic rings. The Morgan fingerprint density at radius 1 is 1.12 bits per heavy atom. The highest BCUT2D eigenvalue weighted by Crippen LogP contribution is 2.32. The predicted octanol–water partition coefficient (Wildman–Crippen LogP) is 1.84. The molecule has 0 bridgehead atoms. The number of primary amides is 1. The maximum atomic E-state index is 12.0. The number of nitrogens with one attached hydrogen (secondary N) is 1. The smallest absolute Gasteiger partial charge is 0.349 e. The van der Waals surface area contributed by atoms with E-state index in [-0.39, 0.29) is 5.02 Å². The van der Waals surface area contributed by atoms with Gasteiger partial charge in [0, 0.05) is 10.0 Å². The van der Waals surface area contributed by atoms with Crippen LogP contribution in [0.1, 0.15) is 17.0 Å². The van der Waals surface area contributed by atoms with Crippen molar-refractivity contribution in [2.24, 2.45) is 5.73 Å². The van der Waals surface area contributed by atoms with Crippen molar-refractivity contribution in [3.8, 4) is 5.69 Å². The van der Waals surface area contributed by atoms with Crippen molar-refractivity contribution in [2.45, 2.75) is 5.92 Å². The number of aromatic nitrogens is 3. The van der Waals surface area contributed by atoms with Gasteiger partial charge >= 0.3 is 5.69 Å². The van der Waals surface area contributed by atoms with Gasteiger partial charge < -0.3 is 5.73 Å². The van der Waals surface area contributed by atoms with E-state index in [0.29, 0.717) is 21.8 Å². The lowest BCUT2D eigenvalue weighted by atomic mass is 9.90. The van der Waals surface area contributed by atoms with Crippen LogP contribution < -0.4 is 17.0 Å². The number of halogens is 2. The molecule has 0 radical (unpaired) electrons. The van der Waals surface area contributed by atoms with Gasteiger partial charge in [0.15, 0.2) is 0 Å². The van der Waals surface area contributed by atoms with Crippen LogP contribution >= 0.6 is 23.2 Å². The lowest BCUT2D eigenvalue weighted by Crippen LogP contribution is -2.30. The molecule has 1 atom stereocenters. The number of rotatable bonds is 4. The molecule has 0 aliphatic heterocycles. The summed E-state index contributed by atoms with van der Waals surface area (Å²) >= 11 is 12.2. The number of benzene rings is 2. The minimum absolute atomic E-state index is 0.223. The van der Waals surface area contributed by atoms with E-state index in [1.807, 2.05) is 0 Å². The zero-order chi connectivity index (χ0) is 18.8. The average Bonchev–Trinajstić information content (AvgIpc) is 2.58. The van der Waals surface area contributed by atoms with Crippen molar-refractivity contribution in [3.05, 3.63) is 90.7 Å². The molecule has 3 rings (SSSR count). The third kappa shape index (κ3) is 3.54. The zero-order valence-electron chi connectivity index (χ0n) is 13.1. The molecular weight excluding hydrogens is 379 g/mol. The summed E-state index contributed by atoms with van der Waals surface area (Å²) in [5, 5.41) is 4.52. The second-order valence-electron chi connectivity index (χ2n) is 5.44. The van der Waals surface area contributed by atoms with E-state index in [0.717, 1.165) is 10.9 Å². The first-order valence-corrected chi connectivity index (χ1v) is 8.15. The van der Waals surface area contributed by atoms with Crippen molar-refractivity contribution < 1.29 is 4.79 Å². The number of amides is 1. The maximum Gasteiger partial charge on any atom is 0.349 e. The molecule has 1 unspecified atom stereocenters. The van der Waals surface area contributed by atoms with E-state index in [9.17, 15) is 14.4 Å².